The first kappa shape index (κ1) is 19.9. The molecule has 0 unspecified atom stereocenters. The van der Waals surface area contributed by atoms with E-state index in [1.807, 2.05) is 0 Å². The predicted molar refractivity (Wildman–Crippen MR) is 114 cm³/mol. The van der Waals surface area contributed by atoms with Crippen LogP contribution in [0.25, 0.3) is 0 Å². The van der Waals surface area contributed by atoms with Gasteiger partial charge < -0.3 is 24.0 Å². The minimum absolute atomic E-state index is 0. The first-order valence-electron chi connectivity index (χ1n) is 7.99. The standard InChI is InChI=1S/C21H21IP.HI/c22-17-10-18-23(19-11-4-1-5-12-19,20-13-6-2-7-14-20)21-15-8-3-9-16-21;/h1-9,11-16H,10,17-18H2;1H/q+1;/p-1. The first-order chi connectivity index (χ1) is 11.4. The molecule has 0 radical (unpaired) electrons. The fourth-order valence-electron chi connectivity index (χ4n) is 3.18. The van der Waals surface area contributed by atoms with Gasteiger partial charge in [-0.05, 0) is 42.8 Å². The van der Waals surface area contributed by atoms with Crippen molar-refractivity contribution in [3.63, 3.8) is 0 Å². The Hall–Kier alpha value is -0.450. The summed E-state index contributed by atoms with van der Waals surface area (Å²) in [6.45, 7) is 0. The fourth-order valence-corrected chi connectivity index (χ4v) is 8.51. The molecule has 3 aromatic rings. The van der Waals surface area contributed by atoms with Crippen LogP contribution in [0.1, 0.15) is 6.42 Å². The Morgan fingerprint density at radius 2 is 0.917 bits per heavy atom. The van der Waals surface area contributed by atoms with Crippen LogP contribution in [0, 0.1) is 0 Å². The van der Waals surface area contributed by atoms with Crippen molar-refractivity contribution in [3.05, 3.63) is 91.0 Å². The van der Waals surface area contributed by atoms with Gasteiger partial charge in [-0.25, -0.2) is 0 Å². The Labute approximate surface area is 176 Å². The molecule has 0 aliphatic rings. The lowest BCUT2D eigenvalue weighted by atomic mass is 10.4. The van der Waals surface area contributed by atoms with Crippen molar-refractivity contribution in [1.82, 2.24) is 0 Å². The van der Waals surface area contributed by atoms with Crippen LogP contribution in [-0.2, 0) is 0 Å². The molecule has 0 nitrogen and oxygen atoms in total. The Bertz CT molecular complexity index is 618. The van der Waals surface area contributed by atoms with Crippen molar-refractivity contribution in [3.8, 4) is 0 Å². The van der Waals surface area contributed by atoms with Crippen LogP contribution < -0.4 is 39.9 Å². The summed E-state index contributed by atoms with van der Waals surface area (Å²) in [6.07, 6.45) is 2.47. The van der Waals surface area contributed by atoms with E-state index in [1.54, 1.807) is 0 Å². The van der Waals surface area contributed by atoms with Crippen molar-refractivity contribution in [2.75, 3.05) is 10.6 Å². The molecule has 0 heterocycles. The van der Waals surface area contributed by atoms with Gasteiger partial charge in [0.1, 0.15) is 23.2 Å². The van der Waals surface area contributed by atoms with E-state index in [-0.39, 0.29) is 24.0 Å². The highest BCUT2D eigenvalue weighted by molar-refractivity contribution is 14.1. The van der Waals surface area contributed by atoms with Gasteiger partial charge in [0.25, 0.3) is 0 Å². The highest BCUT2D eigenvalue weighted by Crippen LogP contribution is 2.55. The molecule has 0 aromatic heterocycles. The van der Waals surface area contributed by atoms with Crippen LogP contribution >= 0.6 is 29.9 Å². The van der Waals surface area contributed by atoms with Crippen molar-refractivity contribution >= 4 is 45.8 Å². The van der Waals surface area contributed by atoms with Gasteiger partial charge in [-0.1, -0.05) is 77.2 Å². The number of benzene rings is 3. The quantitative estimate of drug-likeness (QED) is 0.246. The van der Waals surface area contributed by atoms with E-state index in [2.05, 4.69) is 114 Å². The number of halogens is 2. The molecule has 0 aliphatic carbocycles. The molecule has 0 fully saturated rings. The Balaban J connectivity index is 0.00000208. The molecular formula is C21H21I2P. The Kier molecular flexibility index (Phi) is 8.18. The van der Waals surface area contributed by atoms with E-state index in [0.29, 0.717) is 0 Å². The average Bonchev–Trinajstić information content (AvgIpc) is 2.65. The van der Waals surface area contributed by atoms with Crippen LogP contribution in [0.2, 0.25) is 0 Å². The van der Waals surface area contributed by atoms with Crippen molar-refractivity contribution in [2.24, 2.45) is 0 Å². The second-order valence-corrected chi connectivity index (χ2v) is 10.3. The van der Waals surface area contributed by atoms with Gasteiger partial charge in [0, 0.05) is 4.43 Å². The van der Waals surface area contributed by atoms with E-state index < -0.39 is 7.26 Å². The first-order valence-corrected chi connectivity index (χ1v) is 11.5. The largest absolute Gasteiger partial charge is 1.00 e. The molecule has 3 aromatic carbocycles. The summed E-state index contributed by atoms with van der Waals surface area (Å²) in [5.41, 5.74) is 0. The van der Waals surface area contributed by atoms with Crippen LogP contribution in [0.4, 0.5) is 0 Å². The SMILES string of the molecule is ICCC[P+](c1ccccc1)(c1ccccc1)c1ccccc1.[I-]. The van der Waals surface area contributed by atoms with Crippen molar-refractivity contribution in [1.29, 1.82) is 0 Å². The van der Waals surface area contributed by atoms with Gasteiger partial charge in [0.2, 0.25) is 0 Å². The fraction of sp³-hybridized carbons (Fsp3) is 0.143. The molecule has 24 heavy (non-hydrogen) atoms. The molecule has 3 heteroatoms. The maximum atomic E-state index is 2.50. The van der Waals surface area contributed by atoms with Crippen molar-refractivity contribution in [2.45, 2.75) is 6.42 Å². The minimum atomic E-state index is -1.57. The molecule has 0 atom stereocenters. The lowest BCUT2D eigenvalue weighted by molar-refractivity contribution is -0.00000434. The van der Waals surface area contributed by atoms with Gasteiger partial charge in [0.05, 0.1) is 6.16 Å². The maximum Gasteiger partial charge on any atom is 0.112 e. The van der Waals surface area contributed by atoms with E-state index in [9.17, 15) is 0 Å². The van der Waals surface area contributed by atoms with Crippen LogP contribution in [0.5, 0.6) is 0 Å². The Morgan fingerprint density at radius 3 is 1.21 bits per heavy atom. The van der Waals surface area contributed by atoms with Gasteiger partial charge in [-0.2, -0.15) is 0 Å². The molecule has 3 rings (SSSR count). The highest BCUT2D eigenvalue weighted by Gasteiger charge is 2.44. The van der Waals surface area contributed by atoms with Crippen LogP contribution in [-0.4, -0.2) is 10.6 Å². The van der Waals surface area contributed by atoms with Crippen molar-refractivity contribution < 1.29 is 24.0 Å². The second-order valence-electron chi connectivity index (χ2n) is 5.58. The molecular weight excluding hydrogens is 537 g/mol. The molecule has 0 bridgehead atoms. The summed E-state index contributed by atoms with van der Waals surface area (Å²) < 4.78 is 1.20. The topological polar surface area (TPSA) is 0 Å². The number of hydrogen-bond acceptors (Lipinski definition) is 0. The zero-order valence-electron chi connectivity index (χ0n) is 13.5. The minimum Gasteiger partial charge on any atom is -1.00 e. The third-order valence-corrected chi connectivity index (χ3v) is 9.51. The van der Waals surface area contributed by atoms with Gasteiger partial charge in [-0.3, -0.25) is 0 Å². The zero-order chi connectivity index (χ0) is 16.0. The zero-order valence-corrected chi connectivity index (χ0v) is 18.7. The molecule has 124 valence electrons. The molecule has 0 spiro atoms. The van der Waals surface area contributed by atoms with Gasteiger partial charge in [-0.15, -0.1) is 0 Å². The van der Waals surface area contributed by atoms with Crippen LogP contribution in [0.15, 0.2) is 91.0 Å². The lowest BCUT2D eigenvalue weighted by Gasteiger charge is -2.27. The summed E-state index contributed by atoms with van der Waals surface area (Å²) in [6, 6.07) is 33.4. The molecule has 0 amide bonds. The molecule has 0 N–H and O–H groups in total. The molecule has 0 saturated heterocycles. The molecule has 0 saturated carbocycles. The number of hydrogen-bond donors (Lipinski definition) is 0. The second kappa shape index (κ2) is 9.88. The predicted octanol–water partition coefficient (Wildman–Crippen LogP) is 1.81. The normalized spacial score (nSPS) is 10.9. The highest BCUT2D eigenvalue weighted by atomic mass is 127. The number of rotatable bonds is 6. The monoisotopic (exact) mass is 558 g/mol. The number of alkyl halides is 1. The third-order valence-electron chi connectivity index (χ3n) is 4.22. The van der Waals surface area contributed by atoms with E-state index in [4.69, 9.17) is 0 Å². The van der Waals surface area contributed by atoms with E-state index in [1.165, 1.54) is 32.9 Å². The maximum absolute atomic E-state index is 2.50. The third kappa shape index (κ3) is 4.20. The van der Waals surface area contributed by atoms with E-state index in [0.717, 1.165) is 0 Å². The Morgan fingerprint density at radius 1 is 0.583 bits per heavy atom. The van der Waals surface area contributed by atoms with Gasteiger partial charge >= 0.3 is 0 Å². The summed E-state index contributed by atoms with van der Waals surface area (Å²) in [7, 11) is -1.57. The summed E-state index contributed by atoms with van der Waals surface area (Å²) >= 11 is 2.50. The van der Waals surface area contributed by atoms with Gasteiger partial charge in [0.15, 0.2) is 0 Å². The smallest absolute Gasteiger partial charge is 0.112 e. The van der Waals surface area contributed by atoms with E-state index >= 15 is 0 Å². The summed E-state index contributed by atoms with van der Waals surface area (Å²) in [4.78, 5) is 0. The molecule has 0 aliphatic heterocycles. The average molecular weight is 558 g/mol. The lowest BCUT2D eigenvalue weighted by Crippen LogP contribution is -3.00. The van der Waals surface area contributed by atoms with Crippen LogP contribution in [0.3, 0.4) is 0 Å². The summed E-state index contributed by atoms with van der Waals surface area (Å²) in [5.74, 6) is 0. The summed E-state index contributed by atoms with van der Waals surface area (Å²) in [5, 5.41) is 4.46.